The Balaban J connectivity index is 0.000000155. The van der Waals surface area contributed by atoms with E-state index in [0.717, 1.165) is 56.8 Å². The number of nitrogens with zero attached hydrogens (tertiary/aromatic N) is 6. The van der Waals surface area contributed by atoms with Gasteiger partial charge >= 0.3 is 0 Å². The van der Waals surface area contributed by atoms with Gasteiger partial charge in [-0.25, -0.2) is 9.97 Å². The molecule has 0 saturated carbocycles. The molecule has 0 aliphatic carbocycles. The summed E-state index contributed by atoms with van der Waals surface area (Å²) in [6.45, 7) is 4.17. The molecule has 0 atom stereocenters. The molecule has 59 heavy (non-hydrogen) atoms. The van der Waals surface area contributed by atoms with Crippen LogP contribution in [0.25, 0.3) is 33.3 Å². The molecule has 3 heterocycles. The van der Waals surface area contributed by atoms with E-state index >= 15 is 0 Å². The van der Waals surface area contributed by atoms with Crippen LogP contribution in [0, 0.1) is 25.5 Å². The molecule has 0 unspecified atom stereocenters. The van der Waals surface area contributed by atoms with Crippen LogP contribution in [0.4, 0.5) is 45.8 Å². The number of para-hydroxylation sites is 6. The molecule has 1 radical (unpaired) electrons. The fraction of sp³-hybridized carbons (Fsp3) is 0. The van der Waals surface area contributed by atoms with Crippen LogP contribution < -0.4 is 19.6 Å². The number of anilines is 8. The third-order valence-corrected chi connectivity index (χ3v) is 10.3. The van der Waals surface area contributed by atoms with Gasteiger partial charge in [0.25, 0.3) is 0 Å². The van der Waals surface area contributed by atoms with E-state index in [9.17, 15) is 0 Å². The van der Waals surface area contributed by atoms with Gasteiger partial charge in [-0.2, -0.15) is 48.5 Å². The van der Waals surface area contributed by atoms with Crippen LogP contribution in [0.5, 0.6) is 0 Å². The van der Waals surface area contributed by atoms with Crippen LogP contribution >= 0.6 is 0 Å². The standard InChI is InChI=1S/C31H22N2.C21H14N4.Ir/c1-3-9-24(10-4-1)26-15-19-28(20-16-26)32-23-33(31-14-8-7-13-30(31)32)29-21-17-27(18-22-29)25-11-5-2-6-12-25;1-3-9-16(10-4-1)24-15-25(17-11-5-2-6-12-17)21-20(24)22-18-13-7-8-14-19(18)23-21;/h1-21,23H;1-11,13-15H;/q2*-2;. The molecular weight excluding hydrogens is 901 g/mol. The van der Waals surface area contributed by atoms with Gasteiger partial charge < -0.3 is 19.6 Å². The maximum absolute atomic E-state index is 4.87. The minimum atomic E-state index is 0. The summed E-state index contributed by atoms with van der Waals surface area (Å²) in [6.07, 6.45) is 0. The normalized spacial score (nSPS) is 12.7. The summed E-state index contributed by atoms with van der Waals surface area (Å²) in [5, 5.41) is 0. The second-order valence-corrected chi connectivity index (χ2v) is 13.9. The second kappa shape index (κ2) is 16.8. The maximum atomic E-state index is 4.87. The Hall–Kier alpha value is -7.05. The van der Waals surface area contributed by atoms with Gasteiger partial charge in [-0.1, -0.05) is 121 Å². The van der Waals surface area contributed by atoms with Crippen molar-refractivity contribution in [3.8, 4) is 22.3 Å². The fourth-order valence-electron chi connectivity index (χ4n) is 7.35. The van der Waals surface area contributed by atoms with Gasteiger partial charge in [0.2, 0.25) is 0 Å². The average Bonchev–Trinajstić information content (AvgIpc) is 3.89. The average molecular weight is 937 g/mol. The zero-order chi connectivity index (χ0) is 38.7. The Kier molecular flexibility index (Phi) is 10.7. The van der Waals surface area contributed by atoms with Crippen LogP contribution in [0.2, 0.25) is 0 Å². The number of aromatic nitrogens is 2. The van der Waals surface area contributed by atoms with Crippen molar-refractivity contribution in [1.29, 1.82) is 0 Å². The second-order valence-electron chi connectivity index (χ2n) is 13.9. The van der Waals surface area contributed by atoms with E-state index in [2.05, 4.69) is 161 Å². The summed E-state index contributed by atoms with van der Waals surface area (Å²) < 4.78 is 0. The Labute approximate surface area is 358 Å². The van der Waals surface area contributed by atoms with E-state index in [0.29, 0.717) is 0 Å². The van der Waals surface area contributed by atoms with E-state index in [1.807, 2.05) is 90.4 Å². The molecule has 2 aliphatic heterocycles. The van der Waals surface area contributed by atoms with E-state index in [-0.39, 0.29) is 20.1 Å². The number of hydrogen-bond donors (Lipinski definition) is 0. The fourth-order valence-corrected chi connectivity index (χ4v) is 7.35. The summed E-state index contributed by atoms with van der Waals surface area (Å²) >= 11 is 0. The molecule has 0 amide bonds. The van der Waals surface area contributed by atoms with Crippen molar-refractivity contribution in [2.24, 2.45) is 0 Å². The Morgan fingerprint density at radius 3 is 1.44 bits per heavy atom. The largest absolute Gasteiger partial charge is 0.493 e. The molecule has 9 aromatic rings. The molecule has 287 valence electrons. The number of benzene rings is 8. The molecule has 2 aliphatic rings. The van der Waals surface area contributed by atoms with E-state index in [4.69, 9.17) is 9.97 Å². The van der Waals surface area contributed by atoms with Gasteiger partial charge in [0, 0.05) is 42.9 Å². The van der Waals surface area contributed by atoms with Gasteiger partial charge in [-0.15, -0.1) is 36.3 Å². The van der Waals surface area contributed by atoms with Crippen molar-refractivity contribution in [2.75, 3.05) is 19.6 Å². The van der Waals surface area contributed by atoms with Crippen molar-refractivity contribution in [2.45, 2.75) is 0 Å². The molecule has 0 N–H and O–H groups in total. The molecule has 0 spiro atoms. The van der Waals surface area contributed by atoms with Crippen LogP contribution in [0.1, 0.15) is 0 Å². The Morgan fingerprint density at radius 1 is 0.356 bits per heavy atom. The van der Waals surface area contributed by atoms with Gasteiger partial charge in [0.1, 0.15) is 11.6 Å². The minimum absolute atomic E-state index is 0. The molecular formula is C52H36IrN6-4. The Bertz CT molecular complexity index is 2590. The molecule has 0 bridgehead atoms. The first kappa shape index (κ1) is 37.5. The zero-order valence-corrected chi connectivity index (χ0v) is 34.2. The molecule has 0 saturated heterocycles. The monoisotopic (exact) mass is 937 g/mol. The van der Waals surface area contributed by atoms with Crippen LogP contribution in [-0.4, -0.2) is 9.97 Å². The SMILES string of the molecule is [Ir].[c-]1cc(-c2ccccc2)ccc1N1[CH-]N(c2ccc(-c3ccccc3)cc2)c2ccccc21.[c-]1ccccc1N1[CH-]N(c2ccccc2)c2nc3ccccc3nc21. The smallest absolute Gasteiger partial charge is 0.146 e. The summed E-state index contributed by atoms with van der Waals surface area (Å²) in [5.74, 6) is 1.63. The molecule has 7 heteroatoms. The zero-order valence-electron chi connectivity index (χ0n) is 31.8. The van der Waals surface area contributed by atoms with Crippen molar-refractivity contribution in [3.63, 3.8) is 0 Å². The van der Waals surface area contributed by atoms with Crippen LogP contribution in [0.15, 0.2) is 206 Å². The molecule has 11 rings (SSSR count). The molecule has 1 aromatic heterocycles. The van der Waals surface area contributed by atoms with Gasteiger partial charge in [-0.05, 0) is 59.7 Å². The summed E-state index contributed by atoms with van der Waals surface area (Å²) in [4.78, 5) is 18.3. The molecule has 0 fully saturated rings. The third kappa shape index (κ3) is 7.57. The predicted octanol–water partition coefficient (Wildman–Crippen LogP) is 13.1. The summed E-state index contributed by atoms with van der Waals surface area (Å²) in [5.41, 5.74) is 13.0. The van der Waals surface area contributed by atoms with Crippen molar-refractivity contribution < 1.29 is 20.1 Å². The van der Waals surface area contributed by atoms with Gasteiger partial charge in [0.15, 0.2) is 0 Å². The first-order chi connectivity index (χ1) is 28.8. The number of hydrogen-bond acceptors (Lipinski definition) is 6. The Morgan fingerprint density at radius 2 is 0.831 bits per heavy atom. The van der Waals surface area contributed by atoms with Crippen LogP contribution in [-0.2, 0) is 20.1 Å². The van der Waals surface area contributed by atoms with E-state index in [1.165, 1.54) is 22.3 Å². The quantitative estimate of drug-likeness (QED) is 0.155. The van der Waals surface area contributed by atoms with Gasteiger partial charge in [0.05, 0.1) is 11.0 Å². The number of rotatable bonds is 6. The van der Waals surface area contributed by atoms with Gasteiger partial charge in [-0.3, -0.25) is 0 Å². The molecule has 8 aromatic carbocycles. The maximum Gasteiger partial charge on any atom is 0.146 e. The van der Waals surface area contributed by atoms with E-state index in [1.54, 1.807) is 0 Å². The number of fused-ring (bicyclic) bond motifs is 3. The predicted molar refractivity (Wildman–Crippen MR) is 237 cm³/mol. The minimum Gasteiger partial charge on any atom is -0.493 e. The third-order valence-electron chi connectivity index (χ3n) is 10.3. The first-order valence-corrected chi connectivity index (χ1v) is 19.2. The van der Waals surface area contributed by atoms with E-state index < -0.39 is 0 Å². The topological polar surface area (TPSA) is 38.7 Å². The van der Waals surface area contributed by atoms with Crippen molar-refractivity contribution in [3.05, 3.63) is 232 Å². The summed E-state index contributed by atoms with van der Waals surface area (Å²) in [7, 11) is 0. The molecule has 6 nitrogen and oxygen atoms in total. The first-order valence-electron chi connectivity index (χ1n) is 19.2. The van der Waals surface area contributed by atoms with Crippen LogP contribution in [0.3, 0.4) is 0 Å². The van der Waals surface area contributed by atoms with Crippen molar-refractivity contribution in [1.82, 2.24) is 9.97 Å². The van der Waals surface area contributed by atoms with Crippen molar-refractivity contribution >= 4 is 56.8 Å². The summed E-state index contributed by atoms with van der Waals surface area (Å²) in [6, 6.07) is 77.3.